The van der Waals surface area contributed by atoms with Crippen LogP contribution in [-0.2, 0) is 7.05 Å². The van der Waals surface area contributed by atoms with Gasteiger partial charge in [0.15, 0.2) is 5.82 Å². The lowest BCUT2D eigenvalue weighted by atomic mass is 10.0. The maximum Gasteiger partial charge on any atom is 0.267 e. The summed E-state index contributed by atoms with van der Waals surface area (Å²) in [5.74, 6) is 0.184. The third kappa shape index (κ3) is 2.69. The number of primary amides is 1. The molecule has 24 heavy (non-hydrogen) atoms. The molecule has 2 aromatic heterocycles. The Morgan fingerprint density at radius 1 is 1.25 bits per heavy atom. The van der Waals surface area contributed by atoms with Crippen LogP contribution >= 0.6 is 11.6 Å². The van der Waals surface area contributed by atoms with Crippen LogP contribution in [0.25, 0.3) is 22.8 Å². The summed E-state index contributed by atoms with van der Waals surface area (Å²) in [5.41, 5.74) is 14.2. The van der Waals surface area contributed by atoms with Gasteiger partial charge in [-0.2, -0.15) is 0 Å². The monoisotopic (exact) mass is 342 g/mol. The van der Waals surface area contributed by atoms with Crippen molar-refractivity contribution in [1.82, 2.24) is 19.5 Å². The first-order chi connectivity index (χ1) is 11.4. The zero-order valence-electron chi connectivity index (χ0n) is 13.1. The smallest absolute Gasteiger partial charge is 0.267 e. The largest absolute Gasteiger partial charge is 0.384 e. The molecule has 0 fully saturated rings. The lowest BCUT2D eigenvalue weighted by Gasteiger charge is -2.06. The molecule has 8 heteroatoms. The second kappa shape index (κ2) is 5.93. The molecule has 0 radical (unpaired) electrons. The van der Waals surface area contributed by atoms with E-state index in [4.69, 9.17) is 23.1 Å². The van der Waals surface area contributed by atoms with Crippen molar-refractivity contribution in [3.05, 3.63) is 46.9 Å². The number of nitrogens with zero attached hydrogens (tertiary/aromatic N) is 4. The third-order valence-electron chi connectivity index (χ3n) is 3.70. The summed E-state index contributed by atoms with van der Waals surface area (Å²) in [6, 6.07) is 6.98. The van der Waals surface area contributed by atoms with Crippen LogP contribution in [-0.4, -0.2) is 25.4 Å². The van der Waals surface area contributed by atoms with Crippen LogP contribution in [0.15, 0.2) is 30.6 Å². The van der Waals surface area contributed by atoms with E-state index in [1.54, 1.807) is 29.8 Å². The Bertz CT molecular complexity index is 950. The zero-order valence-corrected chi connectivity index (χ0v) is 13.9. The molecule has 122 valence electrons. The second-order valence-electron chi connectivity index (χ2n) is 5.34. The molecule has 0 aliphatic heterocycles. The van der Waals surface area contributed by atoms with Gasteiger partial charge in [-0.25, -0.2) is 15.0 Å². The highest BCUT2D eigenvalue weighted by molar-refractivity contribution is 6.30. The van der Waals surface area contributed by atoms with E-state index < -0.39 is 5.91 Å². The third-order valence-corrected chi connectivity index (χ3v) is 3.94. The number of amides is 1. The van der Waals surface area contributed by atoms with E-state index in [1.807, 2.05) is 13.0 Å². The summed E-state index contributed by atoms with van der Waals surface area (Å²) in [4.78, 5) is 24.6. The molecule has 1 aromatic carbocycles. The van der Waals surface area contributed by atoms with Crippen molar-refractivity contribution >= 4 is 23.3 Å². The van der Waals surface area contributed by atoms with Crippen LogP contribution in [0.1, 0.15) is 16.1 Å². The fourth-order valence-electron chi connectivity index (χ4n) is 2.54. The molecular formula is C16H15ClN6O. The van der Waals surface area contributed by atoms with Gasteiger partial charge in [0.1, 0.15) is 29.2 Å². The van der Waals surface area contributed by atoms with Crippen LogP contribution in [0.2, 0.25) is 5.02 Å². The number of carbonyl (C=O) groups is 1. The Morgan fingerprint density at radius 2 is 2.00 bits per heavy atom. The molecule has 0 saturated heterocycles. The number of aryl methyl sites for hydroxylation is 1. The van der Waals surface area contributed by atoms with Gasteiger partial charge in [-0.05, 0) is 24.6 Å². The maximum atomic E-state index is 12.0. The number of anilines is 1. The summed E-state index contributed by atoms with van der Waals surface area (Å²) >= 11 is 6.10. The fourth-order valence-corrected chi connectivity index (χ4v) is 2.71. The Kier molecular flexibility index (Phi) is 3.94. The molecular weight excluding hydrogens is 328 g/mol. The minimum Gasteiger partial charge on any atom is -0.384 e. The number of carbonyl (C=O) groups excluding carboxylic acids is 1. The average Bonchev–Trinajstić information content (AvgIpc) is 2.87. The highest BCUT2D eigenvalue weighted by Crippen LogP contribution is 2.31. The van der Waals surface area contributed by atoms with Gasteiger partial charge in [0.2, 0.25) is 0 Å². The normalized spacial score (nSPS) is 10.8. The first-order valence-corrected chi connectivity index (χ1v) is 7.47. The molecule has 2 heterocycles. The van der Waals surface area contributed by atoms with Crippen molar-refractivity contribution in [1.29, 1.82) is 0 Å². The molecule has 0 aliphatic carbocycles. The Balaban J connectivity index is 2.29. The first-order valence-electron chi connectivity index (χ1n) is 7.09. The van der Waals surface area contributed by atoms with Crippen molar-refractivity contribution in [2.24, 2.45) is 12.8 Å². The molecule has 4 N–H and O–H groups in total. The lowest BCUT2D eigenvalue weighted by molar-refractivity contribution is 0.0993. The van der Waals surface area contributed by atoms with E-state index in [1.165, 1.54) is 6.33 Å². The molecule has 1 amide bonds. The van der Waals surface area contributed by atoms with E-state index in [0.29, 0.717) is 28.1 Å². The van der Waals surface area contributed by atoms with Crippen LogP contribution < -0.4 is 11.5 Å². The number of halogens is 1. The number of hydrogen-bond acceptors (Lipinski definition) is 5. The standard InChI is InChI=1S/C16H15ClN6O/c1-8-3-4-9(17)5-10(8)13-14(15(19)24)23(2)16(22-13)11-6-12(18)21-7-20-11/h3-7H,1-2H3,(H2,19,24)(H2,18,20,21). The highest BCUT2D eigenvalue weighted by Gasteiger charge is 2.23. The molecule has 0 aliphatic rings. The van der Waals surface area contributed by atoms with Crippen LogP contribution in [0, 0.1) is 6.92 Å². The maximum absolute atomic E-state index is 12.0. The number of nitrogens with two attached hydrogens (primary N) is 2. The number of nitrogen functional groups attached to an aromatic ring is 1. The van der Waals surface area contributed by atoms with Gasteiger partial charge in [0, 0.05) is 23.7 Å². The van der Waals surface area contributed by atoms with Crippen molar-refractivity contribution in [2.45, 2.75) is 6.92 Å². The van der Waals surface area contributed by atoms with E-state index in [-0.39, 0.29) is 5.69 Å². The summed E-state index contributed by atoms with van der Waals surface area (Å²) in [7, 11) is 1.70. The number of aromatic nitrogens is 4. The molecule has 3 rings (SSSR count). The first kappa shape index (κ1) is 15.9. The van der Waals surface area contributed by atoms with Gasteiger partial charge < -0.3 is 16.0 Å². The van der Waals surface area contributed by atoms with Crippen LogP contribution in [0.4, 0.5) is 5.82 Å². The van der Waals surface area contributed by atoms with Gasteiger partial charge in [0.25, 0.3) is 5.91 Å². The lowest BCUT2D eigenvalue weighted by Crippen LogP contribution is -2.17. The summed E-state index contributed by atoms with van der Waals surface area (Å²) < 4.78 is 1.60. The Morgan fingerprint density at radius 3 is 2.67 bits per heavy atom. The van der Waals surface area contributed by atoms with Gasteiger partial charge in [-0.3, -0.25) is 4.79 Å². The van der Waals surface area contributed by atoms with Crippen LogP contribution in [0.3, 0.4) is 0 Å². The quantitative estimate of drug-likeness (QED) is 0.757. The second-order valence-corrected chi connectivity index (χ2v) is 5.78. The topological polar surface area (TPSA) is 113 Å². The average molecular weight is 343 g/mol. The summed E-state index contributed by atoms with van der Waals surface area (Å²) in [6.07, 6.45) is 1.34. The van der Waals surface area contributed by atoms with Gasteiger partial charge >= 0.3 is 0 Å². The fraction of sp³-hybridized carbons (Fsp3) is 0.125. The van der Waals surface area contributed by atoms with Gasteiger partial charge in [-0.1, -0.05) is 17.7 Å². The summed E-state index contributed by atoms with van der Waals surface area (Å²) in [5, 5.41) is 0.546. The minimum atomic E-state index is -0.590. The molecule has 0 bridgehead atoms. The highest BCUT2D eigenvalue weighted by atomic mass is 35.5. The van der Waals surface area contributed by atoms with Crippen LogP contribution in [0.5, 0.6) is 0 Å². The van der Waals surface area contributed by atoms with Crippen molar-refractivity contribution in [3.8, 4) is 22.8 Å². The predicted octanol–water partition coefficient (Wildman–Crippen LogP) is 2.19. The molecule has 0 saturated carbocycles. The number of benzene rings is 1. The van der Waals surface area contributed by atoms with E-state index in [0.717, 1.165) is 11.1 Å². The van der Waals surface area contributed by atoms with Crippen molar-refractivity contribution in [3.63, 3.8) is 0 Å². The SMILES string of the molecule is Cc1ccc(Cl)cc1-c1nc(-c2cc(N)ncn2)n(C)c1C(N)=O. The van der Waals surface area contributed by atoms with Gasteiger partial charge in [-0.15, -0.1) is 0 Å². The van der Waals surface area contributed by atoms with E-state index in [9.17, 15) is 4.79 Å². The van der Waals surface area contributed by atoms with Gasteiger partial charge in [0.05, 0.1) is 0 Å². The van der Waals surface area contributed by atoms with E-state index >= 15 is 0 Å². The van der Waals surface area contributed by atoms with Crippen molar-refractivity contribution in [2.75, 3.05) is 5.73 Å². The molecule has 3 aromatic rings. The Hall–Kier alpha value is -2.93. The predicted molar refractivity (Wildman–Crippen MR) is 92.3 cm³/mol. The summed E-state index contributed by atoms with van der Waals surface area (Å²) in [6.45, 7) is 1.91. The number of hydrogen-bond donors (Lipinski definition) is 2. The number of imidazole rings is 1. The number of rotatable bonds is 3. The molecule has 7 nitrogen and oxygen atoms in total. The molecule has 0 atom stereocenters. The zero-order chi connectivity index (χ0) is 17.4. The minimum absolute atomic E-state index is 0.271. The molecule has 0 unspecified atom stereocenters. The van der Waals surface area contributed by atoms with E-state index in [2.05, 4.69) is 15.0 Å². The Labute approximate surface area is 143 Å². The molecule has 0 spiro atoms. The van der Waals surface area contributed by atoms with Crippen molar-refractivity contribution < 1.29 is 4.79 Å².